The number of benzene rings is 2. The number of carbonyl (C=O) groups is 2. The van der Waals surface area contributed by atoms with Crippen molar-refractivity contribution in [2.24, 2.45) is 0 Å². The maximum absolute atomic E-state index is 12.2. The van der Waals surface area contributed by atoms with Gasteiger partial charge in [0, 0.05) is 23.5 Å². The van der Waals surface area contributed by atoms with Crippen LogP contribution in [0.5, 0.6) is 0 Å². The molecule has 0 bridgehead atoms. The number of nitrogens with one attached hydrogen (secondary N) is 2. The molecule has 0 aliphatic rings. The zero-order chi connectivity index (χ0) is 17.5. The molecule has 0 heterocycles. The van der Waals surface area contributed by atoms with Gasteiger partial charge in [-0.1, -0.05) is 47.5 Å². The van der Waals surface area contributed by atoms with E-state index in [9.17, 15) is 9.59 Å². The molecule has 4 nitrogen and oxygen atoms in total. The van der Waals surface area contributed by atoms with Crippen LogP contribution in [0.2, 0.25) is 10.0 Å². The zero-order valence-electron chi connectivity index (χ0n) is 13.2. The minimum atomic E-state index is -0.398. The highest BCUT2D eigenvalue weighted by Gasteiger charge is 2.17. The summed E-state index contributed by atoms with van der Waals surface area (Å²) >= 11 is 11.7. The molecule has 0 fully saturated rings. The first kappa shape index (κ1) is 18.3. The lowest BCUT2D eigenvalue weighted by Crippen LogP contribution is -2.32. The number of halogens is 2. The van der Waals surface area contributed by atoms with Crippen LogP contribution in [0.4, 0.5) is 0 Å². The Balaban J connectivity index is 1.97. The van der Waals surface area contributed by atoms with Gasteiger partial charge < -0.3 is 10.6 Å². The van der Waals surface area contributed by atoms with Crippen LogP contribution in [0.3, 0.4) is 0 Å². The first-order valence-electron chi connectivity index (χ1n) is 7.48. The predicted molar refractivity (Wildman–Crippen MR) is 95.9 cm³/mol. The number of hydrogen-bond acceptors (Lipinski definition) is 2. The second-order valence-corrected chi connectivity index (χ2v) is 6.28. The van der Waals surface area contributed by atoms with Gasteiger partial charge in [0.15, 0.2) is 0 Å². The third kappa shape index (κ3) is 5.87. The fourth-order valence-corrected chi connectivity index (χ4v) is 2.51. The van der Waals surface area contributed by atoms with E-state index >= 15 is 0 Å². The molecular weight excluding hydrogens is 347 g/mol. The van der Waals surface area contributed by atoms with Gasteiger partial charge in [-0.15, -0.1) is 0 Å². The lowest BCUT2D eigenvalue weighted by Gasteiger charge is -2.18. The fraction of sp³-hybridized carbons (Fsp3) is 0.222. The minimum Gasteiger partial charge on any atom is -0.352 e. The average molecular weight is 365 g/mol. The SMILES string of the molecule is CC(=O)NC(CC(=O)NCc1ccc(Cl)cc1)c1ccc(Cl)cc1. The molecule has 0 aromatic heterocycles. The summed E-state index contributed by atoms with van der Waals surface area (Å²) in [6.45, 7) is 1.83. The summed E-state index contributed by atoms with van der Waals surface area (Å²) in [4.78, 5) is 23.6. The highest BCUT2D eigenvalue weighted by atomic mass is 35.5. The first-order chi connectivity index (χ1) is 11.4. The molecule has 0 spiro atoms. The van der Waals surface area contributed by atoms with E-state index in [0.717, 1.165) is 11.1 Å². The number of amides is 2. The maximum Gasteiger partial charge on any atom is 0.222 e. The van der Waals surface area contributed by atoms with Gasteiger partial charge in [0.05, 0.1) is 12.5 Å². The second kappa shape index (κ2) is 8.71. The van der Waals surface area contributed by atoms with Gasteiger partial charge in [-0.05, 0) is 35.4 Å². The number of rotatable bonds is 6. The van der Waals surface area contributed by atoms with Crippen LogP contribution in [0.1, 0.15) is 30.5 Å². The molecule has 0 aliphatic heterocycles. The van der Waals surface area contributed by atoms with E-state index in [4.69, 9.17) is 23.2 Å². The van der Waals surface area contributed by atoms with Crippen molar-refractivity contribution in [3.8, 4) is 0 Å². The van der Waals surface area contributed by atoms with Crippen LogP contribution in [0.15, 0.2) is 48.5 Å². The Kier molecular flexibility index (Phi) is 6.64. The summed E-state index contributed by atoms with van der Waals surface area (Å²) in [7, 11) is 0. The topological polar surface area (TPSA) is 58.2 Å². The van der Waals surface area contributed by atoms with Crippen molar-refractivity contribution < 1.29 is 9.59 Å². The molecule has 2 aromatic carbocycles. The highest BCUT2D eigenvalue weighted by molar-refractivity contribution is 6.30. The van der Waals surface area contributed by atoms with Gasteiger partial charge in [-0.2, -0.15) is 0 Å². The number of carbonyl (C=O) groups excluding carboxylic acids is 2. The Bertz CT molecular complexity index is 700. The van der Waals surface area contributed by atoms with Gasteiger partial charge >= 0.3 is 0 Å². The molecule has 0 saturated heterocycles. The molecule has 2 rings (SSSR count). The zero-order valence-corrected chi connectivity index (χ0v) is 14.7. The van der Waals surface area contributed by atoms with Crippen LogP contribution in [0.25, 0.3) is 0 Å². The predicted octanol–water partition coefficient (Wildman–Crippen LogP) is 3.88. The van der Waals surface area contributed by atoms with Crippen molar-refractivity contribution in [3.63, 3.8) is 0 Å². The lowest BCUT2D eigenvalue weighted by atomic mass is 10.0. The Morgan fingerprint density at radius 3 is 2.04 bits per heavy atom. The van der Waals surface area contributed by atoms with E-state index in [1.54, 1.807) is 36.4 Å². The standard InChI is InChI=1S/C18H18Cl2N2O2/c1-12(23)22-17(14-4-8-16(20)9-5-14)10-18(24)21-11-13-2-6-15(19)7-3-13/h2-9,17H,10-11H2,1H3,(H,21,24)(H,22,23). The molecule has 0 saturated carbocycles. The first-order valence-corrected chi connectivity index (χ1v) is 8.23. The molecule has 1 atom stereocenters. The van der Waals surface area contributed by atoms with E-state index < -0.39 is 6.04 Å². The van der Waals surface area contributed by atoms with Gasteiger partial charge in [-0.25, -0.2) is 0 Å². The number of hydrogen-bond donors (Lipinski definition) is 2. The highest BCUT2D eigenvalue weighted by Crippen LogP contribution is 2.19. The van der Waals surface area contributed by atoms with Crippen LogP contribution >= 0.6 is 23.2 Å². The van der Waals surface area contributed by atoms with Crippen molar-refractivity contribution in [1.82, 2.24) is 10.6 Å². The quantitative estimate of drug-likeness (QED) is 0.816. The van der Waals surface area contributed by atoms with E-state index in [-0.39, 0.29) is 18.2 Å². The molecule has 2 aromatic rings. The largest absolute Gasteiger partial charge is 0.352 e. The fourth-order valence-electron chi connectivity index (χ4n) is 2.25. The van der Waals surface area contributed by atoms with Gasteiger partial charge in [-0.3, -0.25) is 9.59 Å². The van der Waals surface area contributed by atoms with E-state index in [0.29, 0.717) is 16.6 Å². The summed E-state index contributed by atoms with van der Waals surface area (Å²) in [5.74, 6) is -0.348. The van der Waals surface area contributed by atoms with Gasteiger partial charge in [0.1, 0.15) is 0 Å². The molecular formula is C18H18Cl2N2O2. The van der Waals surface area contributed by atoms with Crippen molar-refractivity contribution in [2.45, 2.75) is 25.9 Å². The summed E-state index contributed by atoms with van der Waals surface area (Å²) in [5, 5.41) is 6.89. The smallest absolute Gasteiger partial charge is 0.222 e. The van der Waals surface area contributed by atoms with Crippen LogP contribution in [-0.2, 0) is 16.1 Å². The molecule has 24 heavy (non-hydrogen) atoms. The normalized spacial score (nSPS) is 11.6. The maximum atomic E-state index is 12.2. The van der Waals surface area contributed by atoms with Crippen LogP contribution in [-0.4, -0.2) is 11.8 Å². The Hall–Kier alpha value is -2.04. The molecule has 126 valence electrons. The monoisotopic (exact) mass is 364 g/mol. The van der Waals surface area contributed by atoms with Crippen LogP contribution in [0, 0.1) is 0 Å². The van der Waals surface area contributed by atoms with E-state index in [1.807, 2.05) is 12.1 Å². The Labute approximate surface area is 151 Å². The average Bonchev–Trinajstić information content (AvgIpc) is 2.54. The van der Waals surface area contributed by atoms with E-state index in [2.05, 4.69) is 10.6 Å². The molecule has 6 heteroatoms. The summed E-state index contributed by atoms with van der Waals surface area (Å²) in [6, 6.07) is 13.9. The summed E-state index contributed by atoms with van der Waals surface area (Å²) in [5.41, 5.74) is 1.78. The molecule has 2 N–H and O–H groups in total. The van der Waals surface area contributed by atoms with Gasteiger partial charge in [0.2, 0.25) is 11.8 Å². The van der Waals surface area contributed by atoms with E-state index in [1.165, 1.54) is 6.92 Å². The molecule has 0 aliphatic carbocycles. The van der Waals surface area contributed by atoms with Gasteiger partial charge in [0.25, 0.3) is 0 Å². The second-order valence-electron chi connectivity index (χ2n) is 5.41. The molecule has 1 unspecified atom stereocenters. The van der Waals surface area contributed by atoms with Crippen molar-refractivity contribution in [2.75, 3.05) is 0 Å². The van der Waals surface area contributed by atoms with Crippen LogP contribution < -0.4 is 10.6 Å². The Morgan fingerprint density at radius 2 is 1.50 bits per heavy atom. The molecule has 2 amide bonds. The minimum absolute atomic E-state index is 0.148. The van der Waals surface area contributed by atoms with Crippen molar-refractivity contribution in [3.05, 3.63) is 69.7 Å². The third-order valence-corrected chi connectivity index (χ3v) is 3.95. The summed E-state index contributed by atoms with van der Waals surface area (Å²) in [6.07, 6.45) is 0.148. The van der Waals surface area contributed by atoms with Crippen molar-refractivity contribution in [1.29, 1.82) is 0 Å². The van der Waals surface area contributed by atoms with Crippen molar-refractivity contribution >= 4 is 35.0 Å². The Morgan fingerprint density at radius 1 is 0.958 bits per heavy atom. The molecule has 0 radical (unpaired) electrons. The third-order valence-electron chi connectivity index (χ3n) is 3.44. The lowest BCUT2D eigenvalue weighted by molar-refractivity contribution is -0.122. The summed E-state index contributed by atoms with van der Waals surface area (Å²) < 4.78 is 0.